The van der Waals surface area contributed by atoms with Gasteiger partial charge in [0.1, 0.15) is 17.0 Å². The number of fused-ring (bicyclic) bond motifs is 3. The van der Waals surface area contributed by atoms with Gasteiger partial charge in [-0.1, -0.05) is 30.3 Å². The van der Waals surface area contributed by atoms with Crippen LogP contribution in [0.3, 0.4) is 0 Å². The molecule has 0 saturated heterocycles. The van der Waals surface area contributed by atoms with Gasteiger partial charge >= 0.3 is 0 Å². The van der Waals surface area contributed by atoms with E-state index >= 15 is 0 Å². The summed E-state index contributed by atoms with van der Waals surface area (Å²) >= 11 is 1.41. The number of carbonyl (C=O) groups is 1. The lowest BCUT2D eigenvalue weighted by molar-refractivity contribution is 0.102. The molecule has 0 bridgehead atoms. The Morgan fingerprint density at radius 3 is 2.66 bits per heavy atom. The fourth-order valence-electron chi connectivity index (χ4n) is 3.29. The molecule has 1 N–H and O–H groups in total. The first-order valence-electron chi connectivity index (χ1n) is 9.07. The average Bonchev–Trinajstić information content (AvgIpc) is 3.33. The van der Waals surface area contributed by atoms with Crippen LogP contribution in [0, 0.1) is 5.82 Å². The van der Waals surface area contributed by atoms with Crippen molar-refractivity contribution in [2.24, 2.45) is 0 Å². The lowest BCUT2D eigenvalue weighted by Gasteiger charge is -2.02. The first-order valence-corrected chi connectivity index (χ1v) is 9.89. The summed E-state index contributed by atoms with van der Waals surface area (Å²) in [5.74, 6) is -0.478. The van der Waals surface area contributed by atoms with Crippen LogP contribution in [0.15, 0.2) is 77.3 Å². The largest absolute Gasteiger partial charge is 0.456 e. The zero-order valence-electron chi connectivity index (χ0n) is 15.2. The summed E-state index contributed by atoms with van der Waals surface area (Å²) in [4.78, 5) is 18.0. The van der Waals surface area contributed by atoms with E-state index in [-0.39, 0.29) is 11.7 Å². The van der Waals surface area contributed by atoms with Gasteiger partial charge in [0.15, 0.2) is 5.13 Å². The predicted octanol–water partition coefficient (Wildman–Crippen LogP) is 6.02. The van der Waals surface area contributed by atoms with Crippen LogP contribution in [0.25, 0.3) is 21.9 Å². The van der Waals surface area contributed by atoms with Crippen molar-refractivity contribution in [3.8, 4) is 0 Å². The lowest BCUT2D eigenvalue weighted by Crippen LogP contribution is -2.11. The van der Waals surface area contributed by atoms with E-state index in [4.69, 9.17) is 4.42 Å². The zero-order chi connectivity index (χ0) is 19.8. The summed E-state index contributed by atoms with van der Waals surface area (Å²) in [5, 5.41) is 5.27. The summed E-state index contributed by atoms with van der Waals surface area (Å²) in [5.41, 5.74) is 3.08. The van der Waals surface area contributed by atoms with E-state index in [2.05, 4.69) is 10.3 Å². The number of para-hydroxylation sites is 1. The number of furan rings is 1. The Morgan fingerprint density at radius 2 is 1.79 bits per heavy atom. The predicted molar refractivity (Wildman–Crippen MR) is 113 cm³/mol. The van der Waals surface area contributed by atoms with Gasteiger partial charge in [0.25, 0.3) is 5.91 Å². The normalized spacial score (nSPS) is 11.2. The first kappa shape index (κ1) is 17.6. The number of hydrogen-bond acceptors (Lipinski definition) is 4. The summed E-state index contributed by atoms with van der Waals surface area (Å²) in [7, 11) is 0. The molecule has 0 radical (unpaired) electrons. The van der Waals surface area contributed by atoms with Crippen LogP contribution in [0.4, 0.5) is 9.52 Å². The molecule has 2 heterocycles. The van der Waals surface area contributed by atoms with Gasteiger partial charge in [-0.2, -0.15) is 0 Å². The summed E-state index contributed by atoms with van der Waals surface area (Å²) in [6.45, 7) is 0. The van der Waals surface area contributed by atoms with Gasteiger partial charge in [0, 0.05) is 33.8 Å². The number of carbonyl (C=O) groups excluding carboxylic acids is 1. The molecule has 0 spiro atoms. The molecule has 0 fully saturated rings. The van der Waals surface area contributed by atoms with Crippen molar-refractivity contribution in [3.05, 3.63) is 94.7 Å². The number of amides is 1. The van der Waals surface area contributed by atoms with Crippen LogP contribution in [0.2, 0.25) is 0 Å². The molecule has 0 aliphatic rings. The highest BCUT2D eigenvalue weighted by atomic mass is 32.1. The second-order valence-corrected chi connectivity index (χ2v) is 7.81. The number of halogens is 1. The number of nitrogens with one attached hydrogen (secondary N) is 1. The van der Waals surface area contributed by atoms with E-state index in [0.29, 0.717) is 17.1 Å². The summed E-state index contributed by atoms with van der Waals surface area (Å²) < 4.78 is 18.8. The average molecular weight is 402 g/mol. The van der Waals surface area contributed by atoms with Crippen LogP contribution in [0.5, 0.6) is 0 Å². The number of hydrogen-bond donors (Lipinski definition) is 1. The van der Waals surface area contributed by atoms with Crippen molar-refractivity contribution in [1.82, 2.24) is 4.98 Å². The Bertz CT molecular complexity index is 1340. The molecule has 1 amide bonds. The second-order valence-electron chi connectivity index (χ2n) is 6.70. The summed E-state index contributed by atoms with van der Waals surface area (Å²) in [6, 6.07) is 19.5. The quantitative estimate of drug-likeness (QED) is 0.400. The smallest absolute Gasteiger partial charge is 0.257 e. The monoisotopic (exact) mass is 402 g/mol. The van der Waals surface area contributed by atoms with Crippen LogP contribution < -0.4 is 5.32 Å². The van der Waals surface area contributed by atoms with E-state index < -0.39 is 0 Å². The fraction of sp³-hybridized carbons (Fsp3) is 0.0435. The van der Waals surface area contributed by atoms with Crippen LogP contribution in [0.1, 0.15) is 20.8 Å². The number of aromatic nitrogens is 1. The standard InChI is InChI=1S/C23H15FN2O2S/c24-16-8-5-14(6-9-16)11-17-13-25-23(29-17)26-22(27)15-7-10-21-19(12-15)18-3-1-2-4-20(18)28-21/h1-10,12-13H,11H2,(H,25,26,27). The minimum absolute atomic E-state index is 0.222. The van der Waals surface area contributed by atoms with E-state index in [0.717, 1.165) is 32.4 Å². The number of nitrogens with zero attached hydrogens (tertiary/aromatic N) is 1. The molecular weight excluding hydrogens is 387 g/mol. The molecule has 2 aromatic heterocycles. The molecule has 0 atom stereocenters. The Balaban J connectivity index is 1.35. The van der Waals surface area contributed by atoms with Gasteiger partial charge in [-0.15, -0.1) is 11.3 Å². The zero-order valence-corrected chi connectivity index (χ0v) is 16.0. The molecule has 5 aromatic rings. The SMILES string of the molecule is O=C(Nc1ncc(Cc2ccc(F)cc2)s1)c1ccc2oc3ccccc3c2c1. The van der Waals surface area contributed by atoms with Gasteiger partial charge < -0.3 is 4.42 Å². The van der Waals surface area contributed by atoms with Gasteiger partial charge in [0.2, 0.25) is 0 Å². The molecular formula is C23H15FN2O2S. The minimum atomic E-state index is -0.256. The molecule has 3 aromatic carbocycles. The van der Waals surface area contributed by atoms with Crippen molar-refractivity contribution in [2.45, 2.75) is 6.42 Å². The molecule has 0 unspecified atom stereocenters. The Kier molecular flexibility index (Phi) is 4.33. The van der Waals surface area contributed by atoms with Gasteiger partial charge in [-0.05, 0) is 42.0 Å². The maximum atomic E-state index is 13.0. The molecule has 0 saturated carbocycles. The van der Waals surface area contributed by atoms with Crippen molar-refractivity contribution in [3.63, 3.8) is 0 Å². The van der Waals surface area contributed by atoms with E-state index in [1.807, 2.05) is 36.4 Å². The number of thiazole rings is 1. The minimum Gasteiger partial charge on any atom is -0.456 e. The van der Waals surface area contributed by atoms with Crippen molar-refractivity contribution < 1.29 is 13.6 Å². The van der Waals surface area contributed by atoms with Crippen LogP contribution in [-0.4, -0.2) is 10.9 Å². The van der Waals surface area contributed by atoms with Crippen molar-refractivity contribution in [2.75, 3.05) is 5.32 Å². The van der Waals surface area contributed by atoms with E-state index in [1.165, 1.54) is 23.5 Å². The lowest BCUT2D eigenvalue weighted by atomic mass is 10.1. The number of rotatable bonds is 4. The molecule has 142 valence electrons. The molecule has 0 aliphatic heterocycles. The molecule has 0 aliphatic carbocycles. The van der Waals surface area contributed by atoms with Gasteiger partial charge in [-0.3, -0.25) is 10.1 Å². The molecule has 6 heteroatoms. The summed E-state index contributed by atoms with van der Waals surface area (Å²) in [6.07, 6.45) is 2.37. The van der Waals surface area contributed by atoms with Gasteiger partial charge in [0.05, 0.1) is 0 Å². The van der Waals surface area contributed by atoms with Crippen LogP contribution >= 0.6 is 11.3 Å². The maximum absolute atomic E-state index is 13.0. The highest BCUT2D eigenvalue weighted by Crippen LogP contribution is 2.29. The highest BCUT2D eigenvalue weighted by Gasteiger charge is 2.13. The van der Waals surface area contributed by atoms with E-state index in [9.17, 15) is 9.18 Å². The maximum Gasteiger partial charge on any atom is 0.257 e. The van der Waals surface area contributed by atoms with Gasteiger partial charge in [-0.25, -0.2) is 9.37 Å². The van der Waals surface area contributed by atoms with E-state index in [1.54, 1.807) is 24.4 Å². The third-order valence-electron chi connectivity index (χ3n) is 4.70. The van der Waals surface area contributed by atoms with Crippen molar-refractivity contribution in [1.29, 1.82) is 0 Å². The Labute approximate surface area is 169 Å². The topological polar surface area (TPSA) is 55.1 Å². The molecule has 29 heavy (non-hydrogen) atoms. The highest BCUT2D eigenvalue weighted by molar-refractivity contribution is 7.15. The Hall–Kier alpha value is -3.51. The Morgan fingerprint density at radius 1 is 1.00 bits per heavy atom. The second kappa shape index (κ2) is 7.14. The molecule has 5 rings (SSSR count). The molecule has 4 nitrogen and oxygen atoms in total. The van der Waals surface area contributed by atoms with Crippen LogP contribution in [-0.2, 0) is 6.42 Å². The number of benzene rings is 3. The third kappa shape index (κ3) is 3.50. The fourth-order valence-corrected chi connectivity index (χ4v) is 4.13. The third-order valence-corrected chi connectivity index (χ3v) is 5.62. The first-order chi connectivity index (χ1) is 14.2. The van der Waals surface area contributed by atoms with Crippen molar-refractivity contribution >= 4 is 44.3 Å². The number of anilines is 1.